The summed E-state index contributed by atoms with van der Waals surface area (Å²) in [6.45, 7) is 3.14. The van der Waals surface area contributed by atoms with Crippen molar-refractivity contribution in [3.63, 3.8) is 0 Å². The van der Waals surface area contributed by atoms with Crippen LogP contribution in [-0.2, 0) is 23.1 Å². The number of aryl methyl sites for hydroxylation is 1. The number of benzene rings is 1. The van der Waals surface area contributed by atoms with Crippen molar-refractivity contribution < 1.29 is 8.42 Å². The lowest BCUT2D eigenvalue weighted by molar-refractivity contribution is 0.335. The topological polar surface area (TPSA) is 81.2 Å². The molecule has 0 saturated carbocycles. The third-order valence-electron chi connectivity index (χ3n) is 3.53. The molecule has 1 aromatic heterocycles. The number of anilines is 1. The molecule has 0 bridgehead atoms. The van der Waals surface area contributed by atoms with Gasteiger partial charge in [0, 0.05) is 31.2 Å². The summed E-state index contributed by atoms with van der Waals surface area (Å²) in [5, 5.41) is 0. The van der Waals surface area contributed by atoms with Crippen LogP contribution < -0.4 is 5.73 Å². The fraction of sp³-hybridized carbons (Fsp3) is 0.308. The molecule has 0 fully saturated rings. The zero-order valence-corrected chi connectivity index (χ0v) is 12.0. The van der Waals surface area contributed by atoms with Crippen molar-refractivity contribution in [3.8, 4) is 0 Å². The number of nitrogen functional groups attached to an aromatic ring is 1. The highest BCUT2D eigenvalue weighted by atomic mass is 32.2. The first-order valence-electron chi connectivity index (χ1n) is 6.35. The van der Waals surface area contributed by atoms with Gasteiger partial charge in [-0.25, -0.2) is 13.4 Å². The van der Waals surface area contributed by atoms with Gasteiger partial charge in [-0.2, -0.15) is 4.31 Å². The van der Waals surface area contributed by atoms with Gasteiger partial charge in [-0.05, 0) is 30.7 Å². The Hall–Kier alpha value is -1.86. The van der Waals surface area contributed by atoms with Crippen LogP contribution in [0, 0.1) is 6.92 Å². The molecule has 2 heterocycles. The lowest BCUT2D eigenvalue weighted by Crippen LogP contribution is -2.38. The molecule has 0 saturated heterocycles. The summed E-state index contributed by atoms with van der Waals surface area (Å²) in [6.07, 6.45) is 3.56. The molecule has 2 aromatic rings. The molecular weight excluding hydrogens is 276 g/mol. The van der Waals surface area contributed by atoms with Crippen LogP contribution in [0.25, 0.3) is 0 Å². The Bertz CT molecular complexity index is 751. The van der Waals surface area contributed by atoms with Crippen LogP contribution in [0.3, 0.4) is 0 Å². The minimum atomic E-state index is -3.51. The quantitative estimate of drug-likeness (QED) is 0.837. The van der Waals surface area contributed by atoms with E-state index in [1.807, 2.05) is 10.8 Å². The molecule has 20 heavy (non-hydrogen) atoms. The zero-order valence-electron chi connectivity index (χ0n) is 11.2. The van der Waals surface area contributed by atoms with Crippen LogP contribution in [0.1, 0.15) is 11.4 Å². The first-order chi connectivity index (χ1) is 9.48. The van der Waals surface area contributed by atoms with Gasteiger partial charge in [-0.1, -0.05) is 0 Å². The van der Waals surface area contributed by atoms with Crippen molar-refractivity contribution in [2.24, 2.45) is 0 Å². The average Bonchev–Trinajstić information content (AvgIpc) is 2.85. The molecule has 3 rings (SSSR count). The third kappa shape index (κ3) is 2.08. The third-order valence-corrected chi connectivity index (χ3v) is 5.53. The van der Waals surface area contributed by atoms with Crippen molar-refractivity contribution >= 4 is 15.7 Å². The standard InChI is InChI=1S/C13H16N4O2S/c1-10-8-11(14)2-3-12(10)20(18,19)17-7-6-16-5-4-15-13(16)9-17/h2-5,8H,6-7,9,14H2,1H3. The summed E-state index contributed by atoms with van der Waals surface area (Å²) in [5.41, 5.74) is 6.91. The number of hydrogen-bond acceptors (Lipinski definition) is 4. The van der Waals surface area contributed by atoms with Gasteiger partial charge < -0.3 is 10.3 Å². The van der Waals surface area contributed by atoms with Crippen LogP contribution in [0.15, 0.2) is 35.5 Å². The predicted molar refractivity (Wildman–Crippen MR) is 75.4 cm³/mol. The zero-order chi connectivity index (χ0) is 14.3. The Morgan fingerprint density at radius 2 is 2.10 bits per heavy atom. The van der Waals surface area contributed by atoms with Crippen LogP contribution in [0.5, 0.6) is 0 Å². The molecule has 1 aliphatic heterocycles. The Morgan fingerprint density at radius 3 is 2.85 bits per heavy atom. The average molecular weight is 292 g/mol. The minimum Gasteiger partial charge on any atom is -0.399 e. The molecular formula is C13H16N4O2S. The van der Waals surface area contributed by atoms with E-state index >= 15 is 0 Å². The summed E-state index contributed by atoms with van der Waals surface area (Å²) in [6, 6.07) is 4.86. The fourth-order valence-corrected chi connectivity index (χ4v) is 4.05. The largest absolute Gasteiger partial charge is 0.399 e. The highest BCUT2D eigenvalue weighted by Crippen LogP contribution is 2.24. The van der Waals surface area contributed by atoms with E-state index in [9.17, 15) is 8.42 Å². The molecule has 0 spiro atoms. The molecule has 0 amide bonds. The second-order valence-corrected chi connectivity index (χ2v) is 6.81. The SMILES string of the molecule is Cc1cc(N)ccc1S(=O)(=O)N1CCn2ccnc2C1. The second kappa shape index (κ2) is 4.60. The summed E-state index contributed by atoms with van der Waals surface area (Å²) in [7, 11) is -3.51. The number of nitrogens with zero attached hydrogens (tertiary/aromatic N) is 3. The van der Waals surface area contributed by atoms with Gasteiger partial charge in [0.15, 0.2) is 0 Å². The number of sulfonamides is 1. The van der Waals surface area contributed by atoms with Crippen molar-refractivity contribution in [3.05, 3.63) is 42.0 Å². The molecule has 0 radical (unpaired) electrons. The van der Waals surface area contributed by atoms with Crippen molar-refractivity contribution in [2.75, 3.05) is 12.3 Å². The fourth-order valence-electron chi connectivity index (χ4n) is 2.46. The van der Waals surface area contributed by atoms with Gasteiger partial charge in [-0.3, -0.25) is 0 Å². The number of hydrogen-bond donors (Lipinski definition) is 1. The maximum Gasteiger partial charge on any atom is 0.243 e. The van der Waals surface area contributed by atoms with Crippen LogP contribution in [-0.4, -0.2) is 28.8 Å². The van der Waals surface area contributed by atoms with Gasteiger partial charge in [0.1, 0.15) is 5.82 Å². The molecule has 7 heteroatoms. The van der Waals surface area contributed by atoms with E-state index < -0.39 is 10.0 Å². The van der Waals surface area contributed by atoms with E-state index in [4.69, 9.17) is 5.73 Å². The van der Waals surface area contributed by atoms with E-state index in [-0.39, 0.29) is 0 Å². The first kappa shape index (κ1) is 13.1. The highest BCUT2D eigenvalue weighted by Gasteiger charge is 2.29. The Kier molecular flexibility index (Phi) is 3.02. The summed E-state index contributed by atoms with van der Waals surface area (Å²) < 4.78 is 28.8. The van der Waals surface area contributed by atoms with Crippen molar-refractivity contribution in [1.82, 2.24) is 13.9 Å². The smallest absolute Gasteiger partial charge is 0.243 e. The number of fused-ring (bicyclic) bond motifs is 1. The molecule has 0 atom stereocenters. The molecule has 0 aliphatic carbocycles. The van der Waals surface area contributed by atoms with Gasteiger partial charge in [-0.15, -0.1) is 0 Å². The van der Waals surface area contributed by atoms with E-state index in [1.54, 1.807) is 31.3 Å². The first-order valence-corrected chi connectivity index (χ1v) is 7.79. The van der Waals surface area contributed by atoms with E-state index in [0.717, 1.165) is 5.82 Å². The molecule has 1 aromatic carbocycles. The van der Waals surface area contributed by atoms with Crippen LogP contribution >= 0.6 is 0 Å². The normalized spacial score (nSPS) is 16.1. The molecule has 6 nitrogen and oxygen atoms in total. The summed E-state index contributed by atoms with van der Waals surface area (Å²) >= 11 is 0. The van der Waals surface area contributed by atoms with Crippen molar-refractivity contribution in [2.45, 2.75) is 24.9 Å². The summed E-state index contributed by atoms with van der Waals surface area (Å²) in [5.74, 6) is 0.771. The minimum absolute atomic E-state index is 0.305. The number of nitrogens with two attached hydrogens (primary N) is 1. The van der Waals surface area contributed by atoms with Gasteiger partial charge in [0.2, 0.25) is 10.0 Å². The van der Waals surface area contributed by atoms with E-state index in [2.05, 4.69) is 4.98 Å². The molecule has 0 unspecified atom stereocenters. The number of rotatable bonds is 2. The highest BCUT2D eigenvalue weighted by molar-refractivity contribution is 7.89. The number of aromatic nitrogens is 2. The second-order valence-electron chi connectivity index (χ2n) is 4.90. The molecule has 106 valence electrons. The van der Waals surface area contributed by atoms with Crippen LogP contribution in [0.4, 0.5) is 5.69 Å². The van der Waals surface area contributed by atoms with Crippen molar-refractivity contribution in [1.29, 1.82) is 0 Å². The lowest BCUT2D eigenvalue weighted by Gasteiger charge is -2.27. The van der Waals surface area contributed by atoms with E-state index in [1.165, 1.54) is 4.31 Å². The van der Waals surface area contributed by atoms with Gasteiger partial charge in [0.05, 0.1) is 11.4 Å². The Morgan fingerprint density at radius 1 is 1.30 bits per heavy atom. The van der Waals surface area contributed by atoms with Gasteiger partial charge >= 0.3 is 0 Å². The predicted octanol–water partition coefficient (Wildman–Crippen LogP) is 0.978. The van der Waals surface area contributed by atoms with Gasteiger partial charge in [0.25, 0.3) is 0 Å². The maximum atomic E-state index is 12.7. The monoisotopic (exact) mass is 292 g/mol. The number of imidazole rings is 1. The van der Waals surface area contributed by atoms with Crippen LogP contribution in [0.2, 0.25) is 0 Å². The van der Waals surface area contributed by atoms with E-state index in [0.29, 0.717) is 35.8 Å². The summed E-state index contributed by atoms with van der Waals surface area (Å²) in [4.78, 5) is 4.50. The Balaban J connectivity index is 1.97. The molecule has 1 aliphatic rings. The maximum absolute atomic E-state index is 12.7. The lowest BCUT2D eigenvalue weighted by atomic mass is 10.2. The molecule has 2 N–H and O–H groups in total. The Labute approximate surface area is 117 Å².